The van der Waals surface area contributed by atoms with Crippen LogP contribution >= 0.6 is 0 Å². The SMILES string of the molecule is CCC[C@H](NC(=O)OC(C)(C)C)C(=O)Nc1cn(C(C)(C)C(=O)OC)cn1. The summed E-state index contributed by atoms with van der Waals surface area (Å²) >= 11 is 0. The van der Waals surface area contributed by atoms with Crippen molar-refractivity contribution < 1.29 is 23.9 Å². The van der Waals surface area contributed by atoms with Gasteiger partial charge in [0.25, 0.3) is 0 Å². The lowest BCUT2D eigenvalue weighted by atomic mass is 10.1. The number of hydrogen-bond acceptors (Lipinski definition) is 6. The van der Waals surface area contributed by atoms with Gasteiger partial charge < -0.3 is 24.7 Å². The molecule has 0 bridgehead atoms. The van der Waals surface area contributed by atoms with Crippen molar-refractivity contribution in [2.45, 2.75) is 71.6 Å². The lowest BCUT2D eigenvalue weighted by Gasteiger charge is -2.23. The molecule has 0 aliphatic heterocycles. The van der Waals surface area contributed by atoms with Gasteiger partial charge in [-0.3, -0.25) is 4.79 Å². The van der Waals surface area contributed by atoms with Crippen LogP contribution in [0.3, 0.4) is 0 Å². The van der Waals surface area contributed by atoms with E-state index < -0.39 is 35.2 Å². The van der Waals surface area contributed by atoms with Gasteiger partial charge >= 0.3 is 12.1 Å². The van der Waals surface area contributed by atoms with E-state index in [2.05, 4.69) is 15.6 Å². The van der Waals surface area contributed by atoms with E-state index in [0.717, 1.165) is 0 Å². The first-order valence-corrected chi connectivity index (χ1v) is 8.84. The van der Waals surface area contributed by atoms with Crippen LogP contribution in [0.15, 0.2) is 12.5 Å². The van der Waals surface area contributed by atoms with Crippen LogP contribution in [0.25, 0.3) is 0 Å². The Morgan fingerprint density at radius 2 is 1.85 bits per heavy atom. The predicted molar refractivity (Wildman–Crippen MR) is 100 cm³/mol. The third kappa shape index (κ3) is 6.58. The molecule has 1 aromatic rings. The average Bonchev–Trinajstić information content (AvgIpc) is 3.01. The van der Waals surface area contributed by atoms with E-state index in [9.17, 15) is 14.4 Å². The number of hydrogen-bond donors (Lipinski definition) is 2. The quantitative estimate of drug-likeness (QED) is 0.701. The van der Waals surface area contributed by atoms with Crippen molar-refractivity contribution in [2.24, 2.45) is 0 Å². The summed E-state index contributed by atoms with van der Waals surface area (Å²) in [4.78, 5) is 40.5. The van der Waals surface area contributed by atoms with Gasteiger partial charge in [-0.05, 0) is 41.0 Å². The summed E-state index contributed by atoms with van der Waals surface area (Å²) in [6.45, 7) is 10.5. The number of nitrogens with zero attached hydrogens (tertiary/aromatic N) is 2. The van der Waals surface area contributed by atoms with Crippen molar-refractivity contribution in [1.82, 2.24) is 14.9 Å². The van der Waals surface area contributed by atoms with Crippen LogP contribution in [0.5, 0.6) is 0 Å². The molecule has 1 heterocycles. The molecule has 0 aromatic carbocycles. The first kappa shape index (κ1) is 22.5. The van der Waals surface area contributed by atoms with Gasteiger partial charge in [0, 0.05) is 6.20 Å². The molecule has 0 spiro atoms. The normalized spacial score (nSPS) is 12.9. The highest BCUT2D eigenvalue weighted by Gasteiger charge is 2.31. The number of esters is 1. The Bertz CT molecular complexity index is 676. The van der Waals surface area contributed by atoms with E-state index in [-0.39, 0.29) is 5.82 Å². The molecule has 0 saturated heterocycles. The summed E-state index contributed by atoms with van der Waals surface area (Å²) in [5, 5.41) is 5.23. The number of anilines is 1. The zero-order valence-corrected chi connectivity index (χ0v) is 17.1. The highest BCUT2D eigenvalue weighted by Crippen LogP contribution is 2.19. The molecular formula is C18H30N4O5. The van der Waals surface area contributed by atoms with Gasteiger partial charge in [-0.2, -0.15) is 0 Å². The van der Waals surface area contributed by atoms with Crippen LogP contribution in [-0.4, -0.2) is 46.3 Å². The third-order valence-corrected chi connectivity index (χ3v) is 3.75. The molecule has 1 rings (SSSR count). The van der Waals surface area contributed by atoms with Crippen LogP contribution in [0.4, 0.5) is 10.6 Å². The Morgan fingerprint density at radius 1 is 1.22 bits per heavy atom. The zero-order valence-electron chi connectivity index (χ0n) is 17.1. The molecule has 2 amide bonds. The molecule has 152 valence electrons. The maximum atomic E-state index is 12.5. The van der Waals surface area contributed by atoms with Crippen molar-refractivity contribution in [3.05, 3.63) is 12.5 Å². The van der Waals surface area contributed by atoms with Crippen molar-refractivity contribution in [3.8, 4) is 0 Å². The predicted octanol–water partition coefficient (Wildman–Crippen LogP) is 2.42. The maximum Gasteiger partial charge on any atom is 0.408 e. The number of carbonyl (C=O) groups is 3. The number of aromatic nitrogens is 2. The number of ether oxygens (including phenoxy) is 2. The number of alkyl carbamates (subject to hydrolysis) is 1. The first-order valence-electron chi connectivity index (χ1n) is 8.84. The number of nitrogens with one attached hydrogen (secondary N) is 2. The molecule has 0 radical (unpaired) electrons. The number of methoxy groups -OCH3 is 1. The molecule has 27 heavy (non-hydrogen) atoms. The van der Waals surface area contributed by atoms with E-state index in [4.69, 9.17) is 9.47 Å². The Balaban J connectivity index is 2.82. The fourth-order valence-corrected chi connectivity index (χ4v) is 2.27. The summed E-state index contributed by atoms with van der Waals surface area (Å²) < 4.78 is 11.5. The van der Waals surface area contributed by atoms with Gasteiger partial charge in [0.1, 0.15) is 17.2 Å². The van der Waals surface area contributed by atoms with E-state index in [1.807, 2.05) is 6.92 Å². The van der Waals surface area contributed by atoms with Gasteiger partial charge in [0.05, 0.1) is 13.4 Å². The lowest BCUT2D eigenvalue weighted by molar-refractivity contribution is -0.149. The summed E-state index contributed by atoms with van der Waals surface area (Å²) in [5.41, 5.74) is -1.63. The molecule has 9 nitrogen and oxygen atoms in total. The van der Waals surface area contributed by atoms with Crippen molar-refractivity contribution in [3.63, 3.8) is 0 Å². The molecule has 2 N–H and O–H groups in total. The monoisotopic (exact) mass is 382 g/mol. The molecule has 0 saturated carbocycles. The second-order valence-electron chi connectivity index (χ2n) is 7.69. The van der Waals surface area contributed by atoms with Crippen LogP contribution < -0.4 is 10.6 Å². The second-order valence-corrected chi connectivity index (χ2v) is 7.69. The Kier molecular flexibility index (Phi) is 7.38. The van der Waals surface area contributed by atoms with E-state index in [1.54, 1.807) is 39.2 Å². The largest absolute Gasteiger partial charge is 0.467 e. The fourth-order valence-electron chi connectivity index (χ4n) is 2.27. The lowest BCUT2D eigenvalue weighted by Crippen LogP contribution is -2.45. The molecule has 1 aromatic heterocycles. The molecule has 0 fully saturated rings. The molecule has 0 unspecified atom stereocenters. The molecular weight excluding hydrogens is 352 g/mol. The van der Waals surface area contributed by atoms with Crippen LogP contribution in [0, 0.1) is 0 Å². The van der Waals surface area contributed by atoms with Crippen LogP contribution in [-0.2, 0) is 24.6 Å². The number of amides is 2. The standard InChI is InChI=1S/C18H30N4O5/c1-8-9-12(20-16(25)27-17(2,3)4)14(23)21-13-10-22(11-19-13)18(5,6)15(24)26-7/h10-12H,8-9H2,1-7H3,(H,20,25)(H,21,23)/t12-/m0/s1. The van der Waals surface area contributed by atoms with Crippen LogP contribution in [0.1, 0.15) is 54.4 Å². The van der Waals surface area contributed by atoms with Gasteiger partial charge in [-0.25, -0.2) is 14.6 Å². The highest BCUT2D eigenvalue weighted by atomic mass is 16.6. The Hall–Kier alpha value is -2.58. The molecule has 1 atom stereocenters. The molecule has 0 aliphatic rings. The van der Waals surface area contributed by atoms with Gasteiger partial charge in [-0.1, -0.05) is 13.3 Å². The van der Waals surface area contributed by atoms with Crippen molar-refractivity contribution >= 4 is 23.8 Å². The molecule has 0 aliphatic carbocycles. The number of carbonyl (C=O) groups excluding carboxylic acids is 3. The number of imidazole rings is 1. The minimum atomic E-state index is -0.970. The summed E-state index contributed by atoms with van der Waals surface area (Å²) in [6.07, 6.45) is 3.44. The van der Waals surface area contributed by atoms with Gasteiger partial charge in [0.15, 0.2) is 5.82 Å². The maximum absolute atomic E-state index is 12.5. The van der Waals surface area contributed by atoms with E-state index >= 15 is 0 Å². The minimum Gasteiger partial charge on any atom is -0.467 e. The highest BCUT2D eigenvalue weighted by molar-refractivity contribution is 5.95. The van der Waals surface area contributed by atoms with Crippen molar-refractivity contribution in [1.29, 1.82) is 0 Å². The minimum absolute atomic E-state index is 0.268. The van der Waals surface area contributed by atoms with E-state index in [0.29, 0.717) is 12.8 Å². The third-order valence-electron chi connectivity index (χ3n) is 3.75. The van der Waals surface area contributed by atoms with E-state index in [1.165, 1.54) is 19.6 Å². The second kappa shape index (κ2) is 8.88. The Labute approximate surface area is 159 Å². The van der Waals surface area contributed by atoms with Crippen LogP contribution in [0.2, 0.25) is 0 Å². The van der Waals surface area contributed by atoms with Gasteiger partial charge in [0.2, 0.25) is 5.91 Å². The topological polar surface area (TPSA) is 112 Å². The molecule has 9 heteroatoms. The summed E-state index contributed by atoms with van der Waals surface area (Å²) in [5.74, 6) is -0.582. The summed E-state index contributed by atoms with van der Waals surface area (Å²) in [7, 11) is 1.31. The smallest absolute Gasteiger partial charge is 0.408 e. The zero-order chi connectivity index (χ0) is 20.8. The van der Waals surface area contributed by atoms with Gasteiger partial charge in [-0.15, -0.1) is 0 Å². The fraction of sp³-hybridized carbons (Fsp3) is 0.667. The first-order chi connectivity index (χ1) is 12.4. The van der Waals surface area contributed by atoms with Crippen molar-refractivity contribution in [2.75, 3.05) is 12.4 Å². The average molecular weight is 382 g/mol. The summed E-state index contributed by atoms with van der Waals surface area (Å²) in [6, 6.07) is -0.761. The number of rotatable bonds is 7. The Morgan fingerprint density at radius 3 is 2.37 bits per heavy atom.